The van der Waals surface area contributed by atoms with Gasteiger partial charge in [0.15, 0.2) is 5.82 Å². The Labute approximate surface area is 146 Å². The second-order valence-corrected chi connectivity index (χ2v) is 6.15. The highest BCUT2D eigenvalue weighted by molar-refractivity contribution is 5.67. The van der Waals surface area contributed by atoms with Crippen molar-refractivity contribution in [3.8, 4) is 0 Å². The van der Waals surface area contributed by atoms with E-state index >= 15 is 0 Å². The van der Waals surface area contributed by atoms with Gasteiger partial charge in [-0.25, -0.2) is 9.78 Å². The summed E-state index contributed by atoms with van der Waals surface area (Å²) in [5, 5.41) is 13.0. The van der Waals surface area contributed by atoms with E-state index in [1.165, 1.54) is 7.11 Å². The maximum atomic E-state index is 11.2. The molecule has 3 rings (SSSR count). The molecule has 0 aromatic carbocycles. The maximum absolute atomic E-state index is 11.2. The summed E-state index contributed by atoms with van der Waals surface area (Å²) in [6.07, 6.45) is 2.33. The van der Waals surface area contributed by atoms with Gasteiger partial charge in [0.05, 0.1) is 25.5 Å². The Kier molecular flexibility index (Phi) is 5.49. The molecule has 3 N–H and O–H groups in total. The van der Waals surface area contributed by atoms with Crippen molar-refractivity contribution in [2.75, 3.05) is 12.4 Å². The number of pyridine rings is 1. The van der Waals surface area contributed by atoms with Gasteiger partial charge in [0.25, 0.3) is 0 Å². The molecule has 0 radical (unpaired) electrons. The monoisotopic (exact) mass is 345 g/mol. The van der Waals surface area contributed by atoms with Crippen molar-refractivity contribution in [3.05, 3.63) is 35.7 Å². The zero-order chi connectivity index (χ0) is 17.6. The standard InChI is InChI=1S/C17H23N5O3/c1-11-8-16(22-21-11)20-15-5-3-4-13(18-15)10-25-14-7-6-12(9-14)19-17(23)24-2/h3-5,8,12,14H,6-7,9-10H2,1-2H3,(H,19,23)(H2,18,20,21,22)/t12-,14-/m1/s1. The number of carbonyl (C=O) groups excluding carboxylic acids is 1. The smallest absolute Gasteiger partial charge is 0.407 e. The first-order chi connectivity index (χ1) is 12.1. The van der Waals surface area contributed by atoms with Gasteiger partial charge in [-0.3, -0.25) is 5.10 Å². The van der Waals surface area contributed by atoms with Crippen LogP contribution in [0.4, 0.5) is 16.4 Å². The lowest BCUT2D eigenvalue weighted by Gasteiger charge is -2.13. The molecule has 0 unspecified atom stereocenters. The number of aryl methyl sites for hydroxylation is 1. The molecule has 1 saturated carbocycles. The molecule has 1 amide bonds. The number of methoxy groups -OCH3 is 1. The summed E-state index contributed by atoms with van der Waals surface area (Å²) in [7, 11) is 1.37. The summed E-state index contributed by atoms with van der Waals surface area (Å²) < 4.78 is 10.6. The summed E-state index contributed by atoms with van der Waals surface area (Å²) in [5.74, 6) is 1.46. The summed E-state index contributed by atoms with van der Waals surface area (Å²) in [6.45, 7) is 2.38. The number of hydrogen-bond acceptors (Lipinski definition) is 6. The van der Waals surface area contributed by atoms with Gasteiger partial charge >= 0.3 is 6.09 Å². The molecular formula is C17H23N5O3. The van der Waals surface area contributed by atoms with Crippen molar-refractivity contribution >= 4 is 17.7 Å². The molecule has 8 heteroatoms. The second kappa shape index (κ2) is 7.98. The Morgan fingerprint density at radius 2 is 2.24 bits per heavy atom. The number of ether oxygens (including phenoxy) is 2. The van der Waals surface area contributed by atoms with Crippen LogP contribution in [0.2, 0.25) is 0 Å². The molecule has 2 atom stereocenters. The van der Waals surface area contributed by atoms with Crippen molar-refractivity contribution in [2.24, 2.45) is 0 Å². The molecule has 25 heavy (non-hydrogen) atoms. The van der Waals surface area contributed by atoms with Crippen LogP contribution in [-0.2, 0) is 16.1 Å². The molecule has 2 aromatic heterocycles. The van der Waals surface area contributed by atoms with E-state index in [1.54, 1.807) is 0 Å². The molecule has 1 aliphatic carbocycles. The number of rotatable bonds is 6. The quantitative estimate of drug-likeness (QED) is 0.744. The van der Waals surface area contributed by atoms with Crippen LogP contribution < -0.4 is 10.6 Å². The molecule has 2 heterocycles. The number of H-pyrrole nitrogens is 1. The van der Waals surface area contributed by atoms with E-state index in [4.69, 9.17) is 4.74 Å². The van der Waals surface area contributed by atoms with Gasteiger partial charge in [-0.05, 0) is 38.3 Å². The zero-order valence-corrected chi connectivity index (χ0v) is 14.4. The second-order valence-electron chi connectivity index (χ2n) is 6.15. The Bertz CT molecular complexity index is 718. The van der Waals surface area contributed by atoms with Crippen LogP contribution in [0.3, 0.4) is 0 Å². The number of carbonyl (C=O) groups is 1. The zero-order valence-electron chi connectivity index (χ0n) is 14.4. The van der Waals surface area contributed by atoms with E-state index in [9.17, 15) is 4.79 Å². The highest BCUT2D eigenvalue weighted by Crippen LogP contribution is 2.23. The molecule has 1 fully saturated rings. The fourth-order valence-electron chi connectivity index (χ4n) is 2.89. The van der Waals surface area contributed by atoms with E-state index in [2.05, 4.69) is 30.6 Å². The fraction of sp³-hybridized carbons (Fsp3) is 0.471. The molecule has 0 bridgehead atoms. The van der Waals surface area contributed by atoms with Gasteiger partial charge in [0.2, 0.25) is 0 Å². The predicted octanol–water partition coefficient (Wildman–Crippen LogP) is 2.65. The van der Waals surface area contributed by atoms with Crippen LogP contribution in [0, 0.1) is 6.92 Å². The first kappa shape index (κ1) is 17.2. The molecule has 0 spiro atoms. The molecule has 134 valence electrons. The fourth-order valence-corrected chi connectivity index (χ4v) is 2.89. The van der Waals surface area contributed by atoms with Gasteiger partial charge in [-0.1, -0.05) is 6.07 Å². The number of nitrogens with one attached hydrogen (secondary N) is 3. The van der Waals surface area contributed by atoms with Crippen LogP contribution >= 0.6 is 0 Å². The normalized spacial score (nSPS) is 19.6. The predicted molar refractivity (Wildman–Crippen MR) is 92.6 cm³/mol. The number of hydrogen-bond donors (Lipinski definition) is 3. The van der Waals surface area contributed by atoms with E-state index in [-0.39, 0.29) is 18.2 Å². The van der Waals surface area contributed by atoms with Crippen LogP contribution in [0.1, 0.15) is 30.7 Å². The number of nitrogens with zero attached hydrogens (tertiary/aromatic N) is 2. The molecule has 0 aliphatic heterocycles. The summed E-state index contributed by atoms with van der Waals surface area (Å²) in [6, 6.07) is 7.78. The van der Waals surface area contributed by atoms with E-state index in [1.807, 2.05) is 31.2 Å². The van der Waals surface area contributed by atoms with Crippen molar-refractivity contribution in [1.29, 1.82) is 0 Å². The minimum Gasteiger partial charge on any atom is -0.453 e. The summed E-state index contributed by atoms with van der Waals surface area (Å²) in [5.41, 5.74) is 1.83. The van der Waals surface area contributed by atoms with Gasteiger partial charge < -0.3 is 20.1 Å². The minimum absolute atomic E-state index is 0.112. The van der Waals surface area contributed by atoms with E-state index in [0.29, 0.717) is 6.61 Å². The number of alkyl carbamates (subject to hydrolysis) is 1. The molecule has 2 aromatic rings. The molecule has 8 nitrogen and oxygen atoms in total. The van der Waals surface area contributed by atoms with Gasteiger partial charge in [0.1, 0.15) is 5.82 Å². The Hall–Kier alpha value is -2.61. The maximum Gasteiger partial charge on any atom is 0.407 e. The lowest BCUT2D eigenvalue weighted by Crippen LogP contribution is -2.33. The average molecular weight is 345 g/mol. The third-order valence-corrected chi connectivity index (χ3v) is 4.13. The number of amides is 1. The number of anilines is 2. The van der Waals surface area contributed by atoms with Gasteiger partial charge in [0, 0.05) is 17.8 Å². The largest absolute Gasteiger partial charge is 0.453 e. The Balaban J connectivity index is 1.49. The summed E-state index contributed by atoms with van der Waals surface area (Å²) in [4.78, 5) is 15.8. The lowest BCUT2D eigenvalue weighted by molar-refractivity contribution is 0.0422. The third kappa shape index (κ3) is 4.93. The number of aromatic nitrogens is 3. The topological polar surface area (TPSA) is 101 Å². The SMILES string of the molecule is COC(=O)N[C@@H]1CC[C@@H](OCc2cccc(Nc3cc(C)[nH]n3)n2)C1. The highest BCUT2D eigenvalue weighted by Gasteiger charge is 2.26. The van der Waals surface area contributed by atoms with Crippen LogP contribution in [-0.4, -0.2) is 40.5 Å². The molecule has 1 aliphatic rings. The van der Waals surface area contributed by atoms with Crippen molar-refractivity contribution in [1.82, 2.24) is 20.5 Å². The third-order valence-electron chi connectivity index (χ3n) is 4.13. The highest BCUT2D eigenvalue weighted by atomic mass is 16.5. The molecule has 0 saturated heterocycles. The van der Waals surface area contributed by atoms with Gasteiger partial charge in [-0.2, -0.15) is 5.10 Å². The van der Waals surface area contributed by atoms with Crippen LogP contribution in [0.25, 0.3) is 0 Å². The first-order valence-electron chi connectivity index (χ1n) is 8.33. The lowest BCUT2D eigenvalue weighted by atomic mass is 10.2. The first-order valence-corrected chi connectivity index (χ1v) is 8.33. The average Bonchev–Trinajstić information content (AvgIpc) is 3.22. The molecular weight excluding hydrogens is 322 g/mol. The van der Waals surface area contributed by atoms with Gasteiger partial charge in [-0.15, -0.1) is 0 Å². The Morgan fingerprint density at radius 1 is 1.36 bits per heavy atom. The van der Waals surface area contributed by atoms with Crippen molar-refractivity contribution in [3.63, 3.8) is 0 Å². The summed E-state index contributed by atoms with van der Waals surface area (Å²) >= 11 is 0. The van der Waals surface area contributed by atoms with Crippen molar-refractivity contribution in [2.45, 2.75) is 44.9 Å². The van der Waals surface area contributed by atoms with Crippen molar-refractivity contribution < 1.29 is 14.3 Å². The minimum atomic E-state index is -0.389. The number of aromatic amines is 1. The van der Waals surface area contributed by atoms with Crippen LogP contribution in [0.15, 0.2) is 24.3 Å². The van der Waals surface area contributed by atoms with E-state index in [0.717, 1.165) is 42.3 Å². The Morgan fingerprint density at radius 3 is 3.00 bits per heavy atom. The van der Waals surface area contributed by atoms with E-state index < -0.39 is 0 Å². The van der Waals surface area contributed by atoms with Crippen LogP contribution in [0.5, 0.6) is 0 Å².